The van der Waals surface area contributed by atoms with Gasteiger partial charge in [0.2, 0.25) is 0 Å². The maximum atomic E-state index is 13.6. The van der Waals surface area contributed by atoms with Crippen LogP contribution in [0.15, 0.2) is 30.6 Å². The van der Waals surface area contributed by atoms with Crippen LogP contribution in [0.5, 0.6) is 0 Å². The number of benzene rings is 1. The van der Waals surface area contributed by atoms with Crippen LogP contribution in [0.3, 0.4) is 0 Å². The molecule has 1 atom stereocenters. The highest BCUT2D eigenvalue weighted by molar-refractivity contribution is 6.29. The van der Waals surface area contributed by atoms with Gasteiger partial charge in [0.1, 0.15) is 22.5 Å². The van der Waals surface area contributed by atoms with Crippen LogP contribution in [0.2, 0.25) is 5.15 Å². The van der Waals surface area contributed by atoms with Crippen LogP contribution < -0.4 is 5.32 Å². The topological polar surface area (TPSA) is 54.9 Å². The first-order valence-corrected chi connectivity index (χ1v) is 6.08. The molecule has 1 amide bonds. The van der Waals surface area contributed by atoms with Gasteiger partial charge in [-0.05, 0) is 13.0 Å². The van der Waals surface area contributed by atoms with Crippen LogP contribution >= 0.6 is 11.6 Å². The molecule has 1 aromatic heterocycles. The summed E-state index contributed by atoms with van der Waals surface area (Å²) in [4.78, 5) is 19.4. The maximum absolute atomic E-state index is 13.6. The molecule has 20 heavy (non-hydrogen) atoms. The quantitative estimate of drug-likeness (QED) is 0.948. The van der Waals surface area contributed by atoms with Gasteiger partial charge in [0, 0.05) is 11.6 Å². The predicted molar refractivity (Wildman–Crippen MR) is 69.3 cm³/mol. The van der Waals surface area contributed by atoms with Crippen LogP contribution in [-0.2, 0) is 0 Å². The molecule has 4 nitrogen and oxygen atoms in total. The number of hydrogen-bond acceptors (Lipinski definition) is 3. The molecule has 0 saturated heterocycles. The molecule has 104 valence electrons. The average Bonchev–Trinajstić information content (AvgIpc) is 2.38. The standard InChI is InChI=1S/C13H10ClF2N3O/c1-7(9-3-2-8(15)4-10(9)16)18-13(20)11-5-17-6-12(14)19-11/h2-7H,1H3,(H,18,20). The summed E-state index contributed by atoms with van der Waals surface area (Å²) in [5.74, 6) is -1.95. The Bertz CT molecular complexity index is 651. The Balaban J connectivity index is 2.15. The van der Waals surface area contributed by atoms with Gasteiger partial charge in [-0.2, -0.15) is 0 Å². The van der Waals surface area contributed by atoms with Gasteiger partial charge < -0.3 is 5.32 Å². The van der Waals surface area contributed by atoms with E-state index in [1.54, 1.807) is 6.92 Å². The van der Waals surface area contributed by atoms with Gasteiger partial charge in [0.25, 0.3) is 5.91 Å². The molecule has 1 N–H and O–H groups in total. The highest BCUT2D eigenvalue weighted by atomic mass is 35.5. The Morgan fingerprint density at radius 2 is 2.10 bits per heavy atom. The molecule has 1 aromatic carbocycles. The minimum absolute atomic E-state index is 0.0202. The molecule has 7 heteroatoms. The van der Waals surface area contributed by atoms with E-state index in [9.17, 15) is 13.6 Å². The molecule has 0 aliphatic heterocycles. The summed E-state index contributed by atoms with van der Waals surface area (Å²) in [6.07, 6.45) is 2.54. The van der Waals surface area contributed by atoms with Crippen LogP contribution in [-0.4, -0.2) is 15.9 Å². The first-order valence-electron chi connectivity index (χ1n) is 5.70. The lowest BCUT2D eigenvalue weighted by atomic mass is 10.1. The number of nitrogens with zero attached hydrogens (tertiary/aromatic N) is 2. The highest BCUT2D eigenvalue weighted by Crippen LogP contribution is 2.18. The summed E-state index contributed by atoms with van der Waals surface area (Å²) in [5.41, 5.74) is 0.196. The van der Waals surface area contributed by atoms with Gasteiger partial charge in [0.05, 0.1) is 18.4 Å². The largest absolute Gasteiger partial charge is 0.344 e. The van der Waals surface area contributed by atoms with E-state index < -0.39 is 23.6 Å². The molecule has 0 bridgehead atoms. The second kappa shape index (κ2) is 5.92. The van der Waals surface area contributed by atoms with Crippen molar-refractivity contribution in [1.82, 2.24) is 15.3 Å². The smallest absolute Gasteiger partial charge is 0.272 e. The van der Waals surface area contributed by atoms with E-state index >= 15 is 0 Å². The number of carbonyl (C=O) groups excluding carboxylic acids is 1. The first kappa shape index (κ1) is 14.3. The lowest BCUT2D eigenvalue weighted by Gasteiger charge is -2.14. The van der Waals surface area contributed by atoms with Crippen molar-refractivity contribution >= 4 is 17.5 Å². The second-order valence-electron chi connectivity index (χ2n) is 4.09. The summed E-state index contributed by atoms with van der Waals surface area (Å²) in [5, 5.41) is 2.62. The molecular weight excluding hydrogens is 288 g/mol. The van der Waals surface area contributed by atoms with E-state index in [1.165, 1.54) is 18.5 Å². The van der Waals surface area contributed by atoms with Crippen LogP contribution in [0.4, 0.5) is 8.78 Å². The Morgan fingerprint density at radius 3 is 2.75 bits per heavy atom. The van der Waals surface area contributed by atoms with E-state index in [1.807, 2.05) is 0 Å². The monoisotopic (exact) mass is 297 g/mol. The molecular formula is C13H10ClF2N3O. The third-order valence-corrected chi connectivity index (χ3v) is 2.80. The zero-order chi connectivity index (χ0) is 14.7. The Morgan fingerprint density at radius 1 is 1.35 bits per heavy atom. The minimum atomic E-state index is -0.727. The third kappa shape index (κ3) is 3.27. The fourth-order valence-corrected chi connectivity index (χ4v) is 1.80. The fraction of sp³-hybridized carbons (Fsp3) is 0.154. The van der Waals surface area contributed by atoms with Crippen molar-refractivity contribution in [2.24, 2.45) is 0 Å². The summed E-state index contributed by atoms with van der Waals surface area (Å²) in [6, 6.07) is 2.51. The van der Waals surface area contributed by atoms with E-state index in [4.69, 9.17) is 11.6 Å². The molecule has 0 spiro atoms. The van der Waals surface area contributed by atoms with Gasteiger partial charge >= 0.3 is 0 Å². The van der Waals surface area contributed by atoms with E-state index in [2.05, 4.69) is 15.3 Å². The molecule has 0 aliphatic rings. The number of nitrogens with one attached hydrogen (secondary N) is 1. The number of aromatic nitrogens is 2. The van der Waals surface area contributed by atoms with E-state index in [0.29, 0.717) is 0 Å². The molecule has 0 fully saturated rings. The second-order valence-corrected chi connectivity index (χ2v) is 4.48. The lowest BCUT2D eigenvalue weighted by Crippen LogP contribution is -2.28. The summed E-state index contributed by atoms with van der Waals surface area (Å²) in [7, 11) is 0. The van der Waals surface area contributed by atoms with Crippen molar-refractivity contribution < 1.29 is 13.6 Å². The summed E-state index contributed by atoms with van der Waals surface area (Å²) >= 11 is 5.63. The number of rotatable bonds is 3. The van der Waals surface area contributed by atoms with Crippen LogP contribution in [0.25, 0.3) is 0 Å². The lowest BCUT2D eigenvalue weighted by molar-refractivity contribution is 0.0934. The van der Waals surface area contributed by atoms with Gasteiger partial charge in [0.15, 0.2) is 0 Å². The number of hydrogen-bond donors (Lipinski definition) is 1. The Hall–Kier alpha value is -2.08. The van der Waals surface area contributed by atoms with Gasteiger partial charge in [-0.1, -0.05) is 17.7 Å². The third-order valence-electron chi connectivity index (χ3n) is 2.61. The molecule has 1 heterocycles. The van der Waals surface area contributed by atoms with Crippen LogP contribution in [0, 0.1) is 11.6 Å². The average molecular weight is 298 g/mol. The summed E-state index contributed by atoms with van der Waals surface area (Å²) < 4.78 is 26.4. The predicted octanol–water partition coefficient (Wildman–Crippen LogP) is 2.90. The molecule has 0 aliphatic carbocycles. The van der Waals surface area contributed by atoms with E-state index in [-0.39, 0.29) is 16.4 Å². The zero-order valence-electron chi connectivity index (χ0n) is 10.4. The summed E-state index contributed by atoms with van der Waals surface area (Å²) in [6.45, 7) is 1.58. The maximum Gasteiger partial charge on any atom is 0.272 e. The normalized spacial score (nSPS) is 12.0. The highest BCUT2D eigenvalue weighted by Gasteiger charge is 2.16. The Labute approximate surface area is 118 Å². The van der Waals surface area contributed by atoms with Crippen molar-refractivity contribution in [3.8, 4) is 0 Å². The Kier molecular flexibility index (Phi) is 4.24. The minimum Gasteiger partial charge on any atom is -0.344 e. The van der Waals surface area contributed by atoms with Crippen molar-refractivity contribution in [3.05, 3.63) is 58.6 Å². The van der Waals surface area contributed by atoms with Crippen molar-refractivity contribution in [2.75, 3.05) is 0 Å². The number of amides is 1. The van der Waals surface area contributed by atoms with E-state index in [0.717, 1.165) is 12.1 Å². The zero-order valence-corrected chi connectivity index (χ0v) is 11.2. The number of carbonyl (C=O) groups is 1. The molecule has 0 saturated carbocycles. The van der Waals surface area contributed by atoms with Gasteiger partial charge in [-0.3, -0.25) is 9.78 Å². The first-order chi connectivity index (χ1) is 9.47. The van der Waals surface area contributed by atoms with Gasteiger partial charge in [-0.15, -0.1) is 0 Å². The molecule has 1 unspecified atom stereocenters. The van der Waals surface area contributed by atoms with Crippen molar-refractivity contribution in [2.45, 2.75) is 13.0 Å². The fourth-order valence-electron chi connectivity index (χ4n) is 1.65. The van der Waals surface area contributed by atoms with Gasteiger partial charge in [-0.25, -0.2) is 13.8 Å². The molecule has 2 rings (SSSR count). The van der Waals surface area contributed by atoms with Crippen molar-refractivity contribution in [3.63, 3.8) is 0 Å². The molecule has 2 aromatic rings. The van der Waals surface area contributed by atoms with Crippen molar-refractivity contribution in [1.29, 1.82) is 0 Å². The number of halogens is 3. The SMILES string of the molecule is CC(NC(=O)c1cncc(Cl)n1)c1ccc(F)cc1F. The van der Waals surface area contributed by atoms with Crippen LogP contribution in [0.1, 0.15) is 29.0 Å². The molecule has 0 radical (unpaired) electrons.